The molecular formula is C20H27BrN2O5S. The molecule has 29 heavy (non-hydrogen) atoms. The van der Waals surface area contributed by atoms with E-state index in [1.54, 1.807) is 11.8 Å². The molecule has 0 bridgehead atoms. The summed E-state index contributed by atoms with van der Waals surface area (Å²) in [6.07, 6.45) is 0.979. The Morgan fingerprint density at radius 2 is 1.86 bits per heavy atom. The van der Waals surface area contributed by atoms with Gasteiger partial charge in [-0.3, -0.25) is 9.59 Å². The summed E-state index contributed by atoms with van der Waals surface area (Å²) < 4.78 is 11.1. The molecule has 160 valence electrons. The van der Waals surface area contributed by atoms with Crippen LogP contribution in [-0.2, 0) is 19.1 Å². The molecule has 1 aromatic rings. The number of esters is 1. The van der Waals surface area contributed by atoms with Gasteiger partial charge in [-0.2, -0.15) is 0 Å². The second-order valence-corrected chi connectivity index (χ2v) is 8.72. The third kappa shape index (κ3) is 7.54. The summed E-state index contributed by atoms with van der Waals surface area (Å²) in [7, 11) is 0. The summed E-state index contributed by atoms with van der Waals surface area (Å²) in [6, 6.07) is 4.01. The Morgan fingerprint density at radius 1 is 1.17 bits per heavy atom. The van der Waals surface area contributed by atoms with E-state index < -0.39 is 5.97 Å². The van der Waals surface area contributed by atoms with Crippen molar-refractivity contribution in [2.45, 2.75) is 44.6 Å². The highest BCUT2D eigenvalue weighted by Crippen LogP contribution is 2.28. The van der Waals surface area contributed by atoms with E-state index in [0.717, 1.165) is 20.5 Å². The Bertz CT molecular complexity index is 751. The number of halogens is 1. The summed E-state index contributed by atoms with van der Waals surface area (Å²) in [6.45, 7) is 6.87. The van der Waals surface area contributed by atoms with Crippen molar-refractivity contribution in [1.29, 1.82) is 0 Å². The number of aryl methyl sites for hydroxylation is 2. The SMILES string of the molecule is CCOC(=O)N1CCC(NC(=O)COC(=O)CSc2cc(C)c(Br)cc2C)CC1. The first kappa shape index (κ1) is 23.5. The minimum absolute atomic E-state index is 0.0327. The molecule has 0 aliphatic carbocycles. The fraction of sp³-hybridized carbons (Fsp3) is 0.550. The second-order valence-electron chi connectivity index (χ2n) is 6.84. The lowest BCUT2D eigenvalue weighted by Crippen LogP contribution is -2.47. The third-order valence-corrected chi connectivity index (χ3v) is 6.54. The number of carbonyl (C=O) groups excluding carboxylic acids is 3. The Hall–Kier alpha value is -1.74. The average Bonchev–Trinajstić information content (AvgIpc) is 2.69. The number of benzene rings is 1. The zero-order chi connectivity index (χ0) is 21.4. The van der Waals surface area contributed by atoms with Crippen LogP contribution in [0.3, 0.4) is 0 Å². The van der Waals surface area contributed by atoms with E-state index in [1.165, 1.54) is 11.8 Å². The quantitative estimate of drug-likeness (QED) is 0.469. The van der Waals surface area contributed by atoms with E-state index in [-0.39, 0.29) is 30.4 Å². The minimum Gasteiger partial charge on any atom is -0.455 e. The molecule has 1 aliphatic heterocycles. The van der Waals surface area contributed by atoms with Gasteiger partial charge in [0.15, 0.2) is 6.61 Å². The van der Waals surface area contributed by atoms with Gasteiger partial charge in [-0.1, -0.05) is 15.9 Å². The van der Waals surface area contributed by atoms with Crippen LogP contribution in [0.5, 0.6) is 0 Å². The summed E-state index contributed by atoms with van der Waals surface area (Å²) in [5.41, 5.74) is 2.17. The van der Waals surface area contributed by atoms with Gasteiger partial charge >= 0.3 is 12.1 Å². The minimum atomic E-state index is -0.428. The molecule has 1 saturated heterocycles. The van der Waals surface area contributed by atoms with Crippen LogP contribution in [0.4, 0.5) is 4.79 Å². The van der Waals surface area contributed by atoms with Gasteiger partial charge in [-0.05, 0) is 56.9 Å². The molecule has 0 saturated carbocycles. The Balaban J connectivity index is 1.67. The number of thioether (sulfide) groups is 1. The number of ether oxygens (including phenoxy) is 2. The highest BCUT2D eigenvalue weighted by Gasteiger charge is 2.24. The van der Waals surface area contributed by atoms with Crippen molar-refractivity contribution in [3.8, 4) is 0 Å². The molecule has 0 radical (unpaired) electrons. The number of likely N-dealkylation sites (tertiary alicyclic amines) is 1. The fourth-order valence-electron chi connectivity index (χ4n) is 2.92. The third-order valence-electron chi connectivity index (χ3n) is 4.55. The fourth-order valence-corrected chi connectivity index (χ4v) is 4.29. The lowest BCUT2D eigenvalue weighted by atomic mass is 10.1. The lowest BCUT2D eigenvalue weighted by molar-refractivity contribution is -0.146. The molecule has 0 aromatic heterocycles. The molecule has 1 heterocycles. The van der Waals surface area contributed by atoms with Gasteiger partial charge in [0, 0.05) is 28.5 Å². The molecule has 2 rings (SSSR count). The van der Waals surface area contributed by atoms with Crippen molar-refractivity contribution < 1.29 is 23.9 Å². The van der Waals surface area contributed by atoms with Gasteiger partial charge in [-0.25, -0.2) is 4.79 Å². The van der Waals surface area contributed by atoms with E-state index >= 15 is 0 Å². The number of carbonyl (C=O) groups is 3. The summed E-state index contributed by atoms with van der Waals surface area (Å²) in [5.74, 6) is -0.608. The second kappa shape index (κ2) is 11.4. The Kier molecular flexibility index (Phi) is 9.29. The van der Waals surface area contributed by atoms with Crippen LogP contribution in [-0.4, -0.2) is 61.0 Å². The Morgan fingerprint density at radius 3 is 2.52 bits per heavy atom. The number of piperidine rings is 1. The summed E-state index contributed by atoms with van der Waals surface area (Å²) in [4.78, 5) is 38.3. The van der Waals surface area contributed by atoms with E-state index in [9.17, 15) is 14.4 Å². The number of nitrogens with zero attached hydrogens (tertiary/aromatic N) is 1. The number of hydrogen-bond acceptors (Lipinski definition) is 6. The van der Waals surface area contributed by atoms with Crippen molar-refractivity contribution in [1.82, 2.24) is 10.2 Å². The number of amides is 2. The van der Waals surface area contributed by atoms with E-state index in [0.29, 0.717) is 32.5 Å². The Labute approximate surface area is 184 Å². The first-order chi connectivity index (χ1) is 13.8. The predicted octanol–water partition coefficient (Wildman–Crippen LogP) is 3.44. The van der Waals surface area contributed by atoms with Crippen LogP contribution >= 0.6 is 27.7 Å². The summed E-state index contributed by atoms with van der Waals surface area (Å²) in [5, 5.41) is 2.86. The highest BCUT2D eigenvalue weighted by molar-refractivity contribution is 9.10. The summed E-state index contributed by atoms with van der Waals surface area (Å²) >= 11 is 4.88. The first-order valence-corrected chi connectivity index (χ1v) is 11.3. The van der Waals surface area contributed by atoms with E-state index in [2.05, 4.69) is 21.2 Å². The predicted molar refractivity (Wildman–Crippen MR) is 115 cm³/mol. The number of hydrogen-bond donors (Lipinski definition) is 1. The van der Waals surface area contributed by atoms with Gasteiger partial charge in [0.1, 0.15) is 0 Å². The molecular weight excluding hydrogens is 460 g/mol. The molecule has 1 aliphatic rings. The lowest BCUT2D eigenvalue weighted by Gasteiger charge is -2.31. The van der Waals surface area contributed by atoms with Crippen molar-refractivity contribution in [2.24, 2.45) is 0 Å². The smallest absolute Gasteiger partial charge is 0.409 e. The van der Waals surface area contributed by atoms with E-state index in [1.807, 2.05) is 26.0 Å². The molecule has 1 aromatic carbocycles. The van der Waals surface area contributed by atoms with Crippen LogP contribution in [0.2, 0.25) is 0 Å². The molecule has 1 fully saturated rings. The van der Waals surface area contributed by atoms with Crippen molar-refractivity contribution in [3.63, 3.8) is 0 Å². The molecule has 0 spiro atoms. The maximum absolute atomic E-state index is 12.0. The van der Waals surface area contributed by atoms with Gasteiger partial charge in [0.25, 0.3) is 5.91 Å². The maximum Gasteiger partial charge on any atom is 0.409 e. The van der Waals surface area contributed by atoms with Crippen LogP contribution in [0.1, 0.15) is 30.9 Å². The largest absolute Gasteiger partial charge is 0.455 e. The highest BCUT2D eigenvalue weighted by atomic mass is 79.9. The van der Waals surface area contributed by atoms with Crippen LogP contribution in [0.15, 0.2) is 21.5 Å². The molecule has 2 amide bonds. The van der Waals surface area contributed by atoms with Gasteiger partial charge in [0.2, 0.25) is 0 Å². The first-order valence-electron chi connectivity index (χ1n) is 9.56. The van der Waals surface area contributed by atoms with Crippen LogP contribution in [0.25, 0.3) is 0 Å². The van der Waals surface area contributed by atoms with Crippen LogP contribution in [0, 0.1) is 13.8 Å². The zero-order valence-corrected chi connectivity index (χ0v) is 19.4. The average molecular weight is 487 g/mol. The normalized spacial score (nSPS) is 14.4. The molecule has 9 heteroatoms. The van der Waals surface area contributed by atoms with E-state index in [4.69, 9.17) is 9.47 Å². The van der Waals surface area contributed by atoms with Gasteiger partial charge in [-0.15, -0.1) is 11.8 Å². The maximum atomic E-state index is 12.0. The standard InChI is InChI=1S/C20H27BrN2O5S/c1-4-27-20(26)23-7-5-15(6-8-23)22-18(24)11-28-19(25)12-29-17-10-13(2)16(21)9-14(17)3/h9-10,15H,4-8,11-12H2,1-3H3,(H,22,24). The topological polar surface area (TPSA) is 84.9 Å². The molecule has 7 nitrogen and oxygen atoms in total. The molecule has 0 unspecified atom stereocenters. The number of nitrogens with one attached hydrogen (secondary N) is 1. The van der Waals surface area contributed by atoms with Crippen molar-refractivity contribution >= 4 is 45.7 Å². The van der Waals surface area contributed by atoms with Gasteiger partial charge in [0.05, 0.1) is 12.4 Å². The van der Waals surface area contributed by atoms with Crippen LogP contribution < -0.4 is 5.32 Å². The monoisotopic (exact) mass is 486 g/mol. The molecule has 0 atom stereocenters. The van der Waals surface area contributed by atoms with Gasteiger partial charge < -0.3 is 19.7 Å². The number of rotatable bonds is 7. The zero-order valence-electron chi connectivity index (χ0n) is 17.0. The molecule has 1 N–H and O–H groups in total. The van der Waals surface area contributed by atoms with Crippen molar-refractivity contribution in [3.05, 3.63) is 27.7 Å². The van der Waals surface area contributed by atoms with Crippen molar-refractivity contribution in [2.75, 3.05) is 32.1 Å².